The highest BCUT2D eigenvalue weighted by Gasteiger charge is 2.39. The highest BCUT2D eigenvalue weighted by molar-refractivity contribution is 6.30. The summed E-state index contributed by atoms with van der Waals surface area (Å²) in [4.78, 5) is 6.20. The first kappa shape index (κ1) is 10.9. The Morgan fingerprint density at radius 3 is 2.93 bits per heavy atom. The highest BCUT2D eigenvalue weighted by Crippen LogP contribution is 2.26. The minimum Gasteiger partial charge on any atom is -0.387 e. The maximum Gasteiger partial charge on any atom is 0.133 e. The number of rotatable bonds is 3. The van der Waals surface area contributed by atoms with Crippen LogP contribution >= 0.6 is 11.6 Å². The van der Waals surface area contributed by atoms with Crippen LogP contribution in [0.1, 0.15) is 18.9 Å². The summed E-state index contributed by atoms with van der Waals surface area (Å²) >= 11 is 5.95. The Morgan fingerprint density at radius 1 is 1.60 bits per heavy atom. The first-order valence-corrected chi connectivity index (χ1v) is 5.55. The lowest BCUT2D eigenvalue weighted by atomic mass is 9.91. The smallest absolute Gasteiger partial charge is 0.133 e. The zero-order valence-electron chi connectivity index (χ0n) is 8.78. The van der Waals surface area contributed by atoms with E-state index in [1.807, 2.05) is 19.1 Å². The maximum absolute atomic E-state index is 9.85. The Bertz CT molecular complexity index is 350. The summed E-state index contributed by atoms with van der Waals surface area (Å²) in [5.74, 6) is 0. The first-order valence-electron chi connectivity index (χ1n) is 5.17. The van der Waals surface area contributed by atoms with Gasteiger partial charge >= 0.3 is 0 Å². The van der Waals surface area contributed by atoms with E-state index in [-0.39, 0.29) is 0 Å². The van der Waals surface area contributed by atoms with E-state index in [0.717, 1.165) is 31.6 Å². The molecule has 82 valence electrons. The monoisotopic (exact) mass is 226 g/mol. The number of hydrogen-bond acceptors (Lipinski definition) is 3. The first-order chi connectivity index (χ1) is 7.13. The van der Waals surface area contributed by atoms with Crippen LogP contribution in [0.15, 0.2) is 18.3 Å². The molecule has 0 aromatic carbocycles. The molecule has 1 aromatic heterocycles. The molecule has 0 radical (unpaired) electrons. The van der Waals surface area contributed by atoms with E-state index in [0.29, 0.717) is 5.15 Å². The van der Waals surface area contributed by atoms with E-state index >= 15 is 0 Å². The van der Waals surface area contributed by atoms with Gasteiger partial charge in [-0.15, -0.1) is 0 Å². The van der Waals surface area contributed by atoms with Gasteiger partial charge in [0.2, 0.25) is 0 Å². The molecule has 0 atom stereocenters. The summed E-state index contributed by atoms with van der Waals surface area (Å²) in [7, 11) is 0. The second kappa shape index (κ2) is 4.08. The third-order valence-electron chi connectivity index (χ3n) is 2.92. The van der Waals surface area contributed by atoms with Crippen LogP contribution in [0, 0.1) is 0 Å². The van der Waals surface area contributed by atoms with Crippen molar-refractivity contribution < 1.29 is 5.11 Å². The molecule has 1 aliphatic heterocycles. The van der Waals surface area contributed by atoms with Crippen molar-refractivity contribution in [3.05, 3.63) is 29.0 Å². The van der Waals surface area contributed by atoms with Crippen molar-refractivity contribution in [3.63, 3.8) is 0 Å². The fraction of sp³-hybridized carbons (Fsp3) is 0.545. The van der Waals surface area contributed by atoms with E-state index in [2.05, 4.69) is 9.88 Å². The lowest BCUT2D eigenvalue weighted by molar-refractivity contribution is -0.103. The van der Waals surface area contributed by atoms with Gasteiger partial charge in [-0.3, -0.25) is 4.90 Å². The van der Waals surface area contributed by atoms with Crippen LogP contribution in [0.4, 0.5) is 0 Å². The molecular formula is C11H15ClN2O. The van der Waals surface area contributed by atoms with Crippen molar-refractivity contribution >= 4 is 11.6 Å². The number of hydrogen-bond donors (Lipinski definition) is 1. The normalized spacial score (nSPS) is 19.9. The van der Waals surface area contributed by atoms with E-state index in [1.54, 1.807) is 6.20 Å². The van der Waals surface area contributed by atoms with Gasteiger partial charge in [-0.1, -0.05) is 24.6 Å². The van der Waals surface area contributed by atoms with Crippen LogP contribution < -0.4 is 0 Å². The summed E-state index contributed by atoms with van der Waals surface area (Å²) in [5, 5.41) is 10.4. The third-order valence-corrected chi connectivity index (χ3v) is 3.26. The van der Waals surface area contributed by atoms with Crippen molar-refractivity contribution in [3.8, 4) is 0 Å². The molecule has 0 aliphatic carbocycles. The highest BCUT2D eigenvalue weighted by atomic mass is 35.5. The molecular weight excluding hydrogens is 212 g/mol. The molecule has 4 heteroatoms. The minimum atomic E-state index is -0.477. The van der Waals surface area contributed by atoms with E-state index in [9.17, 15) is 5.11 Å². The van der Waals surface area contributed by atoms with Crippen LogP contribution in [0.5, 0.6) is 0 Å². The second-order valence-corrected chi connectivity index (χ2v) is 4.53. The number of pyridine rings is 1. The fourth-order valence-corrected chi connectivity index (χ4v) is 2.08. The van der Waals surface area contributed by atoms with Crippen molar-refractivity contribution in [2.24, 2.45) is 0 Å². The van der Waals surface area contributed by atoms with Gasteiger partial charge in [-0.25, -0.2) is 4.98 Å². The molecule has 1 aromatic rings. The summed E-state index contributed by atoms with van der Waals surface area (Å²) in [6.07, 6.45) is 2.49. The van der Waals surface area contributed by atoms with Crippen LogP contribution in [0.2, 0.25) is 5.15 Å². The SMILES string of the molecule is CCC1(O)CN(Cc2cccnc2Cl)C1. The van der Waals surface area contributed by atoms with Gasteiger partial charge in [0.05, 0.1) is 5.60 Å². The molecule has 0 bridgehead atoms. The van der Waals surface area contributed by atoms with Crippen LogP contribution in [-0.2, 0) is 6.54 Å². The maximum atomic E-state index is 9.85. The number of aliphatic hydroxyl groups is 1. The van der Waals surface area contributed by atoms with Gasteiger partial charge in [-0.05, 0) is 12.5 Å². The lowest BCUT2D eigenvalue weighted by Gasteiger charge is -2.46. The van der Waals surface area contributed by atoms with Crippen molar-refractivity contribution in [1.82, 2.24) is 9.88 Å². The van der Waals surface area contributed by atoms with Gasteiger partial charge < -0.3 is 5.11 Å². The van der Waals surface area contributed by atoms with Crippen molar-refractivity contribution in [2.75, 3.05) is 13.1 Å². The second-order valence-electron chi connectivity index (χ2n) is 4.18. The number of halogens is 1. The zero-order valence-corrected chi connectivity index (χ0v) is 9.54. The summed E-state index contributed by atoms with van der Waals surface area (Å²) in [5.41, 5.74) is 0.548. The number of likely N-dealkylation sites (tertiary alicyclic amines) is 1. The lowest BCUT2D eigenvalue weighted by Crippen LogP contribution is -2.60. The zero-order chi connectivity index (χ0) is 10.9. The fourth-order valence-electron chi connectivity index (χ4n) is 1.90. The molecule has 3 nitrogen and oxygen atoms in total. The topological polar surface area (TPSA) is 36.4 Å². The van der Waals surface area contributed by atoms with Crippen LogP contribution in [-0.4, -0.2) is 33.7 Å². The van der Waals surface area contributed by atoms with Gasteiger partial charge in [0.15, 0.2) is 0 Å². The summed E-state index contributed by atoms with van der Waals surface area (Å²) in [6.45, 7) is 4.24. The number of β-amino-alcohol motifs (C(OH)–C–C–N with tert-alkyl or cyclic N) is 1. The Morgan fingerprint density at radius 2 is 2.33 bits per heavy atom. The number of aromatic nitrogens is 1. The standard InChI is InChI=1S/C11H15ClN2O/c1-2-11(15)7-14(8-11)6-9-4-3-5-13-10(9)12/h3-5,15H,2,6-8H2,1H3. The molecule has 2 heterocycles. The van der Waals surface area contributed by atoms with Gasteiger partial charge in [-0.2, -0.15) is 0 Å². The summed E-state index contributed by atoms with van der Waals surface area (Å²) < 4.78 is 0. The predicted molar refractivity (Wildman–Crippen MR) is 59.8 cm³/mol. The molecule has 1 saturated heterocycles. The third kappa shape index (κ3) is 2.30. The molecule has 15 heavy (non-hydrogen) atoms. The molecule has 0 saturated carbocycles. The number of nitrogens with zero attached hydrogens (tertiary/aromatic N) is 2. The van der Waals surface area contributed by atoms with Gasteiger partial charge in [0, 0.05) is 31.4 Å². The molecule has 2 rings (SSSR count). The molecule has 1 N–H and O–H groups in total. The minimum absolute atomic E-state index is 0.477. The van der Waals surface area contributed by atoms with Crippen LogP contribution in [0.3, 0.4) is 0 Å². The largest absolute Gasteiger partial charge is 0.387 e. The van der Waals surface area contributed by atoms with Gasteiger partial charge in [0.25, 0.3) is 0 Å². The molecule has 1 aliphatic rings. The molecule has 0 amide bonds. The molecule has 0 spiro atoms. The summed E-state index contributed by atoms with van der Waals surface area (Å²) in [6, 6.07) is 3.85. The van der Waals surface area contributed by atoms with Crippen molar-refractivity contribution in [1.29, 1.82) is 0 Å². The van der Waals surface area contributed by atoms with Gasteiger partial charge in [0.1, 0.15) is 5.15 Å². The predicted octanol–water partition coefficient (Wildman–Crippen LogP) is 1.69. The van der Waals surface area contributed by atoms with E-state index in [4.69, 9.17) is 11.6 Å². The quantitative estimate of drug-likeness (QED) is 0.797. The Balaban J connectivity index is 1.93. The Kier molecular flexibility index (Phi) is 2.96. The average Bonchev–Trinajstić information content (AvgIpc) is 2.18. The molecule has 1 fully saturated rings. The van der Waals surface area contributed by atoms with E-state index < -0.39 is 5.60 Å². The van der Waals surface area contributed by atoms with Crippen LogP contribution in [0.25, 0.3) is 0 Å². The Labute approximate surface area is 94.7 Å². The van der Waals surface area contributed by atoms with E-state index in [1.165, 1.54) is 0 Å². The molecule has 0 unspecified atom stereocenters. The Hall–Kier alpha value is -0.640. The van der Waals surface area contributed by atoms with Crippen molar-refractivity contribution in [2.45, 2.75) is 25.5 Å². The average molecular weight is 227 g/mol.